The first kappa shape index (κ1) is 20.0. The standard InChI is InChI=1S/C17H16FN5O3S2/c1-9-16(27-8-12(19)24)28-17(20-9)21-13(25)6-7-14-22-15(23-26-14)10-2-4-11(18)5-3-10/h2-5H,6-8H2,1H3,(H2,19,24)(H,20,21,25). The molecule has 1 aromatic carbocycles. The molecule has 0 saturated heterocycles. The summed E-state index contributed by atoms with van der Waals surface area (Å²) < 4.78 is 18.9. The predicted molar refractivity (Wildman–Crippen MR) is 103 cm³/mol. The molecule has 0 radical (unpaired) electrons. The highest BCUT2D eigenvalue weighted by Crippen LogP contribution is 2.31. The number of thiazole rings is 1. The second kappa shape index (κ2) is 8.93. The monoisotopic (exact) mass is 421 g/mol. The molecule has 3 rings (SSSR count). The Bertz CT molecular complexity index is 987. The van der Waals surface area contributed by atoms with Crippen molar-refractivity contribution in [1.29, 1.82) is 0 Å². The SMILES string of the molecule is Cc1nc(NC(=O)CCc2nc(-c3ccc(F)cc3)no2)sc1SCC(N)=O. The van der Waals surface area contributed by atoms with Crippen molar-refractivity contribution in [2.75, 3.05) is 11.1 Å². The van der Waals surface area contributed by atoms with Gasteiger partial charge in [0, 0.05) is 18.4 Å². The lowest BCUT2D eigenvalue weighted by atomic mass is 10.2. The Morgan fingerprint density at radius 1 is 1.29 bits per heavy atom. The van der Waals surface area contributed by atoms with Gasteiger partial charge in [0.25, 0.3) is 0 Å². The van der Waals surface area contributed by atoms with E-state index in [1.54, 1.807) is 19.1 Å². The molecule has 0 spiro atoms. The fourth-order valence-corrected chi connectivity index (χ4v) is 4.07. The number of hydrogen-bond donors (Lipinski definition) is 2. The van der Waals surface area contributed by atoms with Crippen molar-refractivity contribution in [3.63, 3.8) is 0 Å². The molecular formula is C17H16FN5O3S2. The number of hydrogen-bond acceptors (Lipinski definition) is 8. The second-order valence-electron chi connectivity index (χ2n) is 5.71. The van der Waals surface area contributed by atoms with Crippen LogP contribution in [0.4, 0.5) is 9.52 Å². The molecular weight excluding hydrogens is 405 g/mol. The highest BCUT2D eigenvalue weighted by Gasteiger charge is 2.14. The number of benzene rings is 1. The van der Waals surface area contributed by atoms with E-state index in [0.717, 1.165) is 9.90 Å². The fraction of sp³-hybridized carbons (Fsp3) is 0.235. The highest BCUT2D eigenvalue weighted by molar-refractivity contribution is 8.01. The molecule has 146 valence electrons. The van der Waals surface area contributed by atoms with E-state index in [2.05, 4.69) is 20.4 Å². The molecule has 28 heavy (non-hydrogen) atoms. The number of aromatic nitrogens is 3. The van der Waals surface area contributed by atoms with Crippen LogP contribution in [0.2, 0.25) is 0 Å². The van der Waals surface area contributed by atoms with E-state index >= 15 is 0 Å². The Morgan fingerprint density at radius 3 is 2.75 bits per heavy atom. The molecule has 0 aliphatic rings. The minimum absolute atomic E-state index is 0.132. The lowest BCUT2D eigenvalue weighted by molar-refractivity contribution is -0.116. The van der Waals surface area contributed by atoms with Crippen LogP contribution in [0.15, 0.2) is 33.0 Å². The lowest BCUT2D eigenvalue weighted by Gasteiger charge is -1.99. The number of nitrogens with one attached hydrogen (secondary N) is 1. The van der Waals surface area contributed by atoms with E-state index in [0.29, 0.717) is 22.4 Å². The predicted octanol–water partition coefficient (Wildman–Crippen LogP) is 2.79. The summed E-state index contributed by atoms with van der Waals surface area (Å²) in [4.78, 5) is 31.5. The number of carbonyl (C=O) groups is 2. The Morgan fingerprint density at radius 2 is 2.04 bits per heavy atom. The number of nitrogens with zero attached hydrogens (tertiary/aromatic N) is 3. The zero-order chi connectivity index (χ0) is 20.1. The molecule has 0 saturated carbocycles. The van der Waals surface area contributed by atoms with Gasteiger partial charge in [0.15, 0.2) is 5.13 Å². The zero-order valence-electron chi connectivity index (χ0n) is 14.8. The van der Waals surface area contributed by atoms with Gasteiger partial charge in [-0.3, -0.25) is 9.59 Å². The van der Waals surface area contributed by atoms with Crippen molar-refractivity contribution in [1.82, 2.24) is 15.1 Å². The Hall–Kier alpha value is -2.79. The van der Waals surface area contributed by atoms with E-state index in [1.165, 1.54) is 35.2 Å². The van der Waals surface area contributed by atoms with Gasteiger partial charge in [0.05, 0.1) is 15.7 Å². The number of anilines is 1. The van der Waals surface area contributed by atoms with Crippen molar-refractivity contribution >= 4 is 40.0 Å². The topological polar surface area (TPSA) is 124 Å². The van der Waals surface area contributed by atoms with Crippen LogP contribution < -0.4 is 11.1 Å². The van der Waals surface area contributed by atoms with E-state index < -0.39 is 5.91 Å². The number of nitrogens with two attached hydrogens (primary N) is 1. The average Bonchev–Trinajstić information content (AvgIpc) is 3.25. The van der Waals surface area contributed by atoms with Gasteiger partial charge in [0.1, 0.15) is 5.82 Å². The maximum atomic E-state index is 13.0. The molecule has 0 unspecified atom stereocenters. The molecule has 2 aromatic heterocycles. The maximum absolute atomic E-state index is 13.0. The van der Waals surface area contributed by atoms with Crippen molar-refractivity contribution in [3.05, 3.63) is 41.7 Å². The maximum Gasteiger partial charge on any atom is 0.227 e. The zero-order valence-corrected chi connectivity index (χ0v) is 16.4. The summed E-state index contributed by atoms with van der Waals surface area (Å²) in [6.45, 7) is 1.80. The van der Waals surface area contributed by atoms with Crippen LogP contribution in [0.25, 0.3) is 11.4 Å². The number of primary amides is 1. The van der Waals surface area contributed by atoms with Gasteiger partial charge in [0.2, 0.25) is 23.5 Å². The molecule has 0 aliphatic heterocycles. The van der Waals surface area contributed by atoms with Crippen LogP contribution in [0.3, 0.4) is 0 Å². The molecule has 2 heterocycles. The summed E-state index contributed by atoms with van der Waals surface area (Å²) in [6.07, 6.45) is 0.390. The molecule has 2 amide bonds. The van der Waals surface area contributed by atoms with Crippen LogP contribution in [0.1, 0.15) is 18.0 Å². The Kier molecular flexibility index (Phi) is 6.37. The first-order valence-corrected chi connectivity index (χ1v) is 9.98. The number of rotatable bonds is 8. The van der Waals surface area contributed by atoms with E-state index in [4.69, 9.17) is 10.3 Å². The number of halogens is 1. The van der Waals surface area contributed by atoms with Crippen LogP contribution in [0.5, 0.6) is 0 Å². The lowest BCUT2D eigenvalue weighted by Crippen LogP contribution is -2.12. The van der Waals surface area contributed by atoms with E-state index in [9.17, 15) is 14.0 Å². The number of aryl methyl sites for hydroxylation is 2. The third-order valence-electron chi connectivity index (χ3n) is 3.48. The Balaban J connectivity index is 1.53. The molecule has 0 fully saturated rings. The van der Waals surface area contributed by atoms with Gasteiger partial charge in [-0.15, -0.1) is 11.8 Å². The molecule has 0 aliphatic carbocycles. The van der Waals surface area contributed by atoms with Crippen molar-refractivity contribution in [2.24, 2.45) is 5.73 Å². The largest absolute Gasteiger partial charge is 0.369 e. The minimum atomic E-state index is -0.414. The summed E-state index contributed by atoms with van der Waals surface area (Å²) in [7, 11) is 0. The van der Waals surface area contributed by atoms with E-state index in [1.807, 2.05) is 0 Å². The molecule has 0 atom stereocenters. The van der Waals surface area contributed by atoms with Gasteiger partial charge in [-0.2, -0.15) is 4.98 Å². The van der Waals surface area contributed by atoms with Gasteiger partial charge in [-0.25, -0.2) is 9.37 Å². The summed E-state index contributed by atoms with van der Waals surface area (Å²) in [5, 5.41) is 7.00. The first-order chi connectivity index (χ1) is 13.4. The third kappa shape index (κ3) is 5.36. The van der Waals surface area contributed by atoms with Gasteiger partial charge >= 0.3 is 0 Å². The first-order valence-electron chi connectivity index (χ1n) is 8.17. The van der Waals surface area contributed by atoms with Crippen LogP contribution >= 0.6 is 23.1 Å². The smallest absolute Gasteiger partial charge is 0.227 e. The molecule has 8 nitrogen and oxygen atoms in total. The molecule has 3 aromatic rings. The molecule has 0 bridgehead atoms. The van der Waals surface area contributed by atoms with Crippen molar-refractivity contribution in [2.45, 2.75) is 24.0 Å². The third-order valence-corrected chi connectivity index (χ3v) is 5.94. The van der Waals surface area contributed by atoms with Crippen LogP contribution in [0, 0.1) is 12.7 Å². The number of thioether (sulfide) groups is 1. The minimum Gasteiger partial charge on any atom is -0.369 e. The highest BCUT2D eigenvalue weighted by atomic mass is 32.2. The van der Waals surface area contributed by atoms with Crippen LogP contribution in [-0.4, -0.2) is 32.7 Å². The number of carbonyl (C=O) groups excluding carboxylic acids is 2. The average molecular weight is 421 g/mol. The van der Waals surface area contributed by atoms with Crippen LogP contribution in [-0.2, 0) is 16.0 Å². The molecule has 3 N–H and O–H groups in total. The van der Waals surface area contributed by atoms with Gasteiger partial charge in [-0.1, -0.05) is 16.5 Å². The second-order valence-corrected chi connectivity index (χ2v) is 7.96. The number of amides is 2. The summed E-state index contributed by atoms with van der Waals surface area (Å²) in [6, 6.07) is 5.72. The normalized spacial score (nSPS) is 10.8. The van der Waals surface area contributed by atoms with Gasteiger partial charge < -0.3 is 15.6 Å². The summed E-state index contributed by atoms with van der Waals surface area (Å²) in [5.41, 5.74) is 6.49. The van der Waals surface area contributed by atoms with Crippen molar-refractivity contribution < 1.29 is 18.5 Å². The summed E-state index contributed by atoms with van der Waals surface area (Å²) >= 11 is 2.57. The Labute approximate surface area is 167 Å². The summed E-state index contributed by atoms with van der Waals surface area (Å²) in [5.74, 6) is -0.212. The van der Waals surface area contributed by atoms with Gasteiger partial charge in [-0.05, 0) is 31.2 Å². The molecule has 11 heteroatoms. The quantitative estimate of drug-likeness (QED) is 0.536. The fourth-order valence-electron chi connectivity index (χ4n) is 2.18. The van der Waals surface area contributed by atoms with Crippen molar-refractivity contribution in [3.8, 4) is 11.4 Å². The van der Waals surface area contributed by atoms with E-state index in [-0.39, 0.29) is 30.3 Å².